The van der Waals surface area contributed by atoms with E-state index in [0.29, 0.717) is 5.56 Å². The van der Waals surface area contributed by atoms with Gasteiger partial charge in [-0.15, -0.1) is 0 Å². The summed E-state index contributed by atoms with van der Waals surface area (Å²) >= 11 is 0. The van der Waals surface area contributed by atoms with Crippen LogP contribution in [0.15, 0.2) is 24.3 Å². The number of hydrogen-bond donors (Lipinski definition) is 1. The molecule has 0 aliphatic rings. The van der Waals surface area contributed by atoms with Crippen LogP contribution in [0.2, 0.25) is 0 Å². The number of nitrogens with two attached hydrogens (primary N) is 1. The first-order valence-corrected chi connectivity index (χ1v) is 8.67. The maximum atomic E-state index is 13.3. The monoisotopic (exact) mass is 330 g/mol. The van der Waals surface area contributed by atoms with Crippen LogP contribution in [0.3, 0.4) is 0 Å². The van der Waals surface area contributed by atoms with Crippen molar-refractivity contribution in [1.82, 2.24) is 4.57 Å². The van der Waals surface area contributed by atoms with Gasteiger partial charge in [0.25, 0.3) is 5.91 Å². The summed E-state index contributed by atoms with van der Waals surface area (Å²) in [6.45, 7) is 8.32. The highest BCUT2D eigenvalue weighted by atomic mass is 19.1. The highest BCUT2D eigenvalue weighted by Gasteiger charge is 2.25. The Labute approximate surface area is 143 Å². The molecule has 0 spiro atoms. The quantitative estimate of drug-likeness (QED) is 0.712. The lowest BCUT2D eigenvalue weighted by molar-refractivity contribution is 0.1000. The van der Waals surface area contributed by atoms with Gasteiger partial charge in [0, 0.05) is 23.0 Å². The largest absolute Gasteiger partial charge is 0.366 e. The maximum Gasteiger partial charge on any atom is 0.251 e. The standard InChI is InChI=1S/C20H27FN2O/c1-5-6-7-8-17-19(15-9-11-16(21)12-10-15)18(20(22)24)14(4)23(17)13(2)3/h9-13H,5-8H2,1-4H3,(H2,22,24). The molecule has 0 atom stereocenters. The number of carbonyl (C=O) groups is 1. The van der Waals surface area contributed by atoms with Gasteiger partial charge in [0.05, 0.1) is 5.56 Å². The first kappa shape index (κ1) is 18.2. The molecule has 1 amide bonds. The Bertz CT molecular complexity index is 714. The van der Waals surface area contributed by atoms with Crippen molar-refractivity contribution in [3.63, 3.8) is 0 Å². The zero-order valence-corrected chi connectivity index (χ0v) is 15.0. The summed E-state index contributed by atoms with van der Waals surface area (Å²) < 4.78 is 15.5. The molecule has 0 bridgehead atoms. The van der Waals surface area contributed by atoms with E-state index < -0.39 is 5.91 Å². The van der Waals surface area contributed by atoms with E-state index in [0.717, 1.165) is 48.2 Å². The molecule has 0 aliphatic carbocycles. The molecule has 0 unspecified atom stereocenters. The predicted octanol–water partition coefficient (Wildman–Crippen LogP) is 5.02. The summed E-state index contributed by atoms with van der Waals surface area (Å²) in [5.74, 6) is -0.713. The van der Waals surface area contributed by atoms with Crippen LogP contribution in [0.5, 0.6) is 0 Å². The fourth-order valence-electron chi connectivity index (χ4n) is 3.48. The van der Waals surface area contributed by atoms with Gasteiger partial charge in [0.2, 0.25) is 0 Å². The van der Waals surface area contributed by atoms with Gasteiger partial charge in [-0.1, -0.05) is 31.9 Å². The number of rotatable bonds is 7. The van der Waals surface area contributed by atoms with Gasteiger partial charge in [0.1, 0.15) is 5.82 Å². The fourth-order valence-corrected chi connectivity index (χ4v) is 3.48. The second-order valence-electron chi connectivity index (χ2n) is 6.57. The Balaban J connectivity index is 2.69. The van der Waals surface area contributed by atoms with Crippen LogP contribution in [0.25, 0.3) is 11.1 Å². The van der Waals surface area contributed by atoms with E-state index in [-0.39, 0.29) is 11.9 Å². The molecule has 4 heteroatoms. The molecule has 1 aromatic carbocycles. The molecular formula is C20H27FN2O. The molecule has 0 radical (unpaired) electrons. The average Bonchev–Trinajstić information content (AvgIpc) is 2.81. The van der Waals surface area contributed by atoms with Crippen molar-refractivity contribution in [3.8, 4) is 11.1 Å². The van der Waals surface area contributed by atoms with E-state index in [1.807, 2.05) is 6.92 Å². The van der Waals surface area contributed by atoms with Crippen molar-refractivity contribution in [2.45, 2.75) is 59.4 Å². The highest BCUT2D eigenvalue weighted by molar-refractivity contribution is 6.02. The van der Waals surface area contributed by atoms with Crippen molar-refractivity contribution in [2.24, 2.45) is 5.73 Å². The zero-order chi connectivity index (χ0) is 17.9. The number of nitrogens with zero attached hydrogens (tertiary/aromatic N) is 1. The van der Waals surface area contributed by atoms with Crippen LogP contribution in [0.1, 0.15) is 67.8 Å². The minimum atomic E-state index is -0.428. The zero-order valence-electron chi connectivity index (χ0n) is 15.0. The minimum Gasteiger partial charge on any atom is -0.366 e. The van der Waals surface area contributed by atoms with Gasteiger partial charge in [-0.2, -0.15) is 0 Å². The topological polar surface area (TPSA) is 48.0 Å². The van der Waals surface area contributed by atoms with Crippen LogP contribution in [0.4, 0.5) is 4.39 Å². The molecule has 1 aromatic heterocycles. The number of primary amides is 1. The first-order chi connectivity index (χ1) is 11.4. The third-order valence-electron chi connectivity index (χ3n) is 4.47. The second kappa shape index (κ2) is 7.65. The fraction of sp³-hybridized carbons (Fsp3) is 0.450. The summed E-state index contributed by atoms with van der Waals surface area (Å²) in [5.41, 5.74) is 9.98. The van der Waals surface area contributed by atoms with Gasteiger partial charge in [-0.25, -0.2) is 4.39 Å². The first-order valence-electron chi connectivity index (χ1n) is 8.67. The average molecular weight is 330 g/mol. The second-order valence-corrected chi connectivity index (χ2v) is 6.57. The number of aromatic nitrogens is 1. The lowest BCUT2D eigenvalue weighted by Gasteiger charge is -2.17. The van der Waals surface area contributed by atoms with Crippen LogP contribution < -0.4 is 5.73 Å². The summed E-state index contributed by atoms with van der Waals surface area (Å²) in [5, 5.41) is 0. The molecule has 0 fully saturated rings. The molecule has 2 rings (SSSR count). The van der Waals surface area contributed by atoms with E-state index in [1.165, 1.54) is 12.1 Å². The number of amides is 1. The number of halogens is 1. The normalized spacial score (nSPS) is 11.2. The van der Waals surface area contributed by atoms with Gasteiger partial charge < -0.3 is 10.3 Å². The smallest absolute Gasteiger partial charge is 0.251 e. The third-order valence-corrected chi connectivity index (χ3v) is 4.47. The van der Waals surface area contributed by atoms with Gasteiger partial charge in [0.15, 0.2) is 0 Å². The van der Waals surface area contributed by atoms with Crippen molar-refractivity contribution in [2.75, 3.05) is 0 Å². The molecule has 0 aliphatic heterocycles. The van der Waals surface area contributed by atoms with Crippen LogP contribution >= 0.6 is 0 Å². The van der Waals surface area contributed by atoms with E-state index in [9.17, 15) is 9.18 Å². The van der Waals surface area contributed by atoms with Gasteiger partial charge >= 0.3 is 0 Å². The van der Waals surface area contributed by atoms with Crippen molar-refractivity contribution in [1.29, 1.82) is 0 Å². The van der Waals surface area contributed by atoms with E-state index >= 15 is 0 Å². The number of carbonyl (C=O) groups excluding carboxylic acids is 1. The molecule has 3 nitrogen and oxygen atoms in total. The van der Waals surface area contributed by atoms with E-state index in [1.54, 1.807) is 12.1 Å². The predicted molar refractivity (Wildman–Crippen MR) is 96.7 cm³/mol. The molecule has 0 saturated heterocycles. The lowest BCUT2D eigenvalue weighted by Crippen LogP contribution is -2.14. The third kappa shape index (κ3) is 3.53. The minimum absolute atomic E-state index is 0.230. The van der Waals surface area contributed by atoms with Crippen LogP contribution in [0, 0.1) is 12.7 Å². The number of hydrogen-bond acceptors (Lipinski definition) is 1. The number of benzene rings is 1. The van der Waals surface area contributed by atoms with Crippen LogP contribution in [-0.2, 0) is 6.42 Å². The molecule has 2 aromatic rings. The number of unbranched alkanes of at least 4 members (excludes halogenated alkanes) is 2. The van der Waals surface area contributed by atoms with Crippen molar-refractivity contribution < 1.29 is 9.18 Å². The van der Waals surface area contributed by atoms with E-state index in [2.05, 4.69) is 25.3 Å². The summed E-state index contributed by atoms with van der Waals surface area (Å²) in [6, 6.07) is 6.54. The molecular weight excluding hydrogens is 303 g/mol. The Hall–Kier alpha value is -2.10. The van der Waals surface area contributed by atoms with Crippen LogP contribution in [-0.4, -0.2) is 10.5 Å². The summed E-state index contributed by atoms with van der Waals surface area (Å²) in [4.78, 5) is 12.1. The van der Waals surface area contributed by atoms with Gasteiger partial charge in [-0.05, 0) is 51.3 Å². The molecule has 1 heterocycles. The van der Waals surface area contributed by atoms with Gasteiger partial charge in [-0.3, -0.25) is 4.79 Å². The maximum absolute atomic E-state index is 13.3. The summed E-state index contributed by atoms with van der Waals surface area (Å²) in [7, 11) is 0. The highest BCUT2D eigenvalue weighted by Crippen LogP contribution is 2.35. The molecule has 24 heavy (non-hydrogen) atoms. The van der Waals surface area contributed by atoms with Crippen molar-refractivity contribution in [3.05, 3.63) is 47.0 Å². The van der Waals surface area contributed by atoms with Crippen molar-refractivity contribution >= 4 is 5.91 Å². The Morgan fingerprint density at radius 3 is 2.33 bits per heavy atom. The van der Waals surface area contributed by atoms with E-state index in [4.69, 9.17) is 5.73 Å². The molecule has 130 valence electrons. The Morgan fingerprint density at radius 1 is 1.21 bits per heavy atom. The molecule has 0 saturated carbocycles. The Morgan fingerprint density at radius 2 is 1.83 bits per heavy atom. The lowest BCUT2D eigenvalue weighted by atomic mass is 9.97. The molecule has 2 N–H and O–H groups in total. The summed E-state index contributed by atoms with van der Waals surface area (Å²) in [6.07, 6.45) is 4.21. The SMILES string of the molecule is CCCCCc1c(-c2ccc(F)cc2)c(C(N)=O)c(C)n1C(C)C. The Kier molecular flexibility index (Phi) is 5.81.